The Bertz CT molecular complexity index is 2250. The van der Waals surface area contributed by atoms with E-state index in [9.17, 15) is 13.2 Å². The molecule has 0 unspecified atom stereocenters. The highest BCUT2D eigenvalue weighted by Gasteiger charge is 2.24. The van der Waals surface area contributed by atoms with Crippen LogP contribution in [-0.4, -0.2) is 72.0 Å². The van der Waals surface area contributed by atoms with Gasteiger partial charge in [0, 0.05) is 68.5 Å². The zero-order valence-corrected chi connectivity index (χ0v) is 28.2. The van der Waals surface area contributed by atoms with E-state index in [1.807, 2.05) is 57.0 Å². The largest absolute Gasteiger partial charge is 0.372 e. The fraction of sp³-hybridized carbons (Fsp3) is 0.229. The number of carbonyl (C=O) groups is 1. The number of hydrogen-bond acceptors (Lipinski definition) is 8. The average molecular weight is 669 g/mol. The van der Waals surface area contributed by atoms with E-state index in [0.717, 1.165) is 22.7 Å². The summed E-state index contributed by atoms with van der Waals surface area (Å²) in [6, 6.07) is 20.9. The molecule has 3 aromatic heterocycles. The normalized spacial score (nSPS) is 11.8. The molecule has 6 rings (SSSR count). The number of nitrogens with zero attached hydrogens (tertiary/aromatic N) is 6. The van der Waals surface area contributed by atoms with E-state index in [4.69, 9.17) is 4.98 Å². The van der Waals surface area contributed by atoms with Gasteiger partial charge in [-0.15, -0.1) is 0 Å². The Hall–Kier alpha value is -5.27. The number of anilines is 4. The molecule has 0 saturated heterocycles. The molecule has 0 spiro atoms. The predicted octanol–water partition coefficient (Wildman–Crippen LogP) is 5.81. The fourth-order valence-corrected chi connectivity index (χ4v) is 7.15. The Morgan fingerprint density at radius 1 is 0.958 bits per heavy atom. The first-order valence-electron chi connectivity index (χ1n) is 15.4. The van der Waals surface area contributed by atoms with E-state index in [1.165, 1.54) is 19.2 Å². The number of likely N-dealkylation sites (N-methyl/N-ethyl adjacent to an activating group) is 2. The Morgan fingerprint density at radius 2 is 1.73 bits per heavy atom. The Morgan fingerprint density at radius 3 is 2.46 bits per heavy atom. The number of benzene rings is 3. The van der Waals surface area contributed by atoms with Crippen LogP contribution in [0.15, 0.2) is 85.2 Å². The van der Waals surface area contributed by atoms with Crippen LogP contribution < -0.4 is 15.5 Å². The number of hydrogen-bond donors (Lipinski definition) is 2. The third-order valence-corrected chi connectivity index (χ3v) is 9.67. The average Bonchev–Trinajstić information content (AvgIpc) is 3.62. The zero-order valence-electron chi connectivity index (χ0n) is 27.4. The molecule has 13 heteroatoms. The summed E-state index contributed by atoms with van der Waals surface area (Å²) < 4.78 is 45.9. The molecule has 0 aliphatic carbocycles. The number of rotatable bonds is 11. The number of amides is 1. The van der Waals surface area contributed by atoms with Crippen LogP contribution in [0.5, 0.6) is 0 Å². The van der Waals surface area contributed by atoms with Gasteiger partial charge in [-0.25, -0.2) is 21.8 Å². The summed E-state index contributed by atoms with van der Waals surface area (Å²) in [5.41, 5.74) is 4.27. The van der Waals surface area contributed by atoms with Crippen LogP contribution in [0.3, 0.4) is 0 Å². The molecular weight excluding hydrogens is 632 g/mol. The maximum Gasteiger partial charge on any atom is 0.244 e. The minimum Gasteiger partial charge on any atom is -0.372 e. The fourth-order valence-electron chi connectivity index (χ4n) is 5.75. The van der Waals surface area contributed by atoms with Gasteiger partial charge in [0.15, 0.2) is 5.65 Å². The van der Waals surface area contributed by atoms with Crippen LogP contribution in [0.2, 0.25) is 0 Å². The van der Waals surface area contributed by atoms with Gasteiger partial charge in [-0.3, -0.25) is 4.79 Å². The number of nitrogens with one attached hydrogen (secondary N) is 2. The van der Waals surface area contributed by atoms with Gasteiger partial charge < -0.3 is 25.0 Å². The molecule has 0 aliphatic rings. The summed E-state index contributed by atoms with van der Waals surface area (Å²) >= 11 is 0. The van der Waals surface area contributed by atoms with Crippen molar-refractivity contribution in [2.24, 2.45) is 7.05 Å². The summed E-state index contributed by atoms with van der Waals surface area (Å²) in [6.07, 6.45) is 3.24. The van der Waals surface area contributed by atoms with Crippen LogP contribution in [-0.2, 0) is 27.6 Å². The summed E-state index contributed by atoms with van der Waals surface area (Å²) in [5.74, 6) is -0.794. The van der Waals surface area contributed by atoms with Crippen molar-refractivity contribution >= 4 is 60.9 Å². The van der Waals surface area contributed by atoms with Gasteiger partial charge in [0.25, 0.3) is 0 Å². The standard InChI is InChI=1S/C35H37FN8O3S/c1-23(45)37-29-20-25(14-15-30(29)42(4)19-18-41(2)3)38-35-39-33(27-21-43(5)31-13-9-12-28(36)32(27)31)26-16-17-44(34(26)40-35)48(46,47)22-24-10-7-6-8-11-24/h6-17,20-21H,18-19,22H2,1-5H3,(H,37,45)(H,38,39,40). The summed E-state index contributed by atoms with van der Waals surface area (Å²) in [6.45, 7) is 2.99. The van der Waals surface area contributed by atoms with Crippen LogP contribution in [0.1, 0.15) is 12.5 Å². The number of carbonyl (C=O) groups excluding carboxylic acids is 1. The number of aryl methyl sites for hydroxylation is 1. The molecule has 1 amide bonds. The molecule has 2 N–H and O–H groups in total. The molecule has 3 aromatic carbocycles. The number of fused-ring (bicyclic) bond motifs is 2. The molecule has 0 radical (unpaired) electrons. The van der Waals surface area contributed by atoms with Crippen molar-refractivity contribution in [3.63, 3.8) is 0 Å². The van der Waals surface area contributed by atoms with Gasteiger partial charge >= 0.3 is 0 Å². The Kier molecular flexibility index (Phi) is 8.91. The summed E-state index contributed by atoms with van der Waals surface area (Å²) in [4.78, 5) is 25.8. The van der Waals surface area contributed by atoms with Crippen LogP contribution >= 0.6 is 0 Å². The molecular formula is C35H37FN8O3S. The van der Waals surface area contributed by atoms with Crippen LogP contribution in [0, 0.1) is 5.82 Å². The predicted molar refractivity (Wildman–Crippen MR) is 190 cm³/mol. The number of halogens is 1. The zero-order chi connectivity index (χ0) is 34.2. The van der Waals surface area contributed by atoms with Gasteiger partial charge in [0.1, 0.15) is 5.82 Å². The molecule has 6 aromatic rings. The molecule has 3 heterocycles. The molecule has 0 saturated carbocycles. The Labute approximate surface area is 278 Å². The van der Waals surface area contributed by atoms with Crippen molar-refractivity contribution < 1.29 is 17.6 Å². The highest BCUT2D eigenvalue weighted by Crippen LogP contribution is 2.37. The van der Waals surface area contributed by atoms with Gasteiger partial charge in [0.05, 0.1) is 28.3 Å². The first kappa shape index (κ1) is 32.7. The van der Waals surface area contributed by atoms with Crippen molar-refractivity contribution in [1.82, 2.24) is 23.4 Å². The second-order valence-corrected chi connectivity index (χ2v) is 13.9. The van der Waals surface area contributed by atoms with E-state index in [1.54, 1.807) is 48.7 Å². The maximum absolute atomic E-state index is 15.4. The quantitative estimate of drug-likeness (QED) is 0.178. The van der Waals surface area contributed by atoms with Crippen LogP contribution in [0.25, 0.3) is 33.2 Å². The first-order chi connectivity index (χ1) is 22.9. The van der Waals surface area contributed by atoms with E-state index >= 15 is 4.39 Å². The van der Waals surface area contributed by atoms with Gasteiger partial charge in [0.2, 0.25) is 21.9 Å². The molecule has 11 nitrogen and oxygen atoms in total. The highest BCUT2D eigenvalue weighted by atomic mass is 32.2. The van der Waals surface area contributed by atoms with Crippen molar-refractivity contribution in [2.45, 2.75) is 12.7 Å². The molecule has 0 fully saturated rings. The molecule has 0 aliphatic heterocycles. The second kappa shape index (κ2) is 13.1. The number of aromatic nitrogens is 4. The lowest BCUT2D eigenvalue weighted by Gasteiger charge is -2.24. The van der Waals surface area contributed by atoms with Crippen molar-refractivity contribution in [1.29, 1.82) is 0 Å². The van der Waals surface area contributed by atoms with Crippen molar-refractivity contribution in [3.05, 3.63) is 96.6 Å². The topological polar surface area (TPSA) is 117 Å². The lowest BCUT2D eigenvalue weighted by molar-refractivity contribution is -0.114. The smallest absolute Gasteiger partial charge is 0.244 e. The van der Waals surface area contributed by atoms with E-state index in [-0.39, 0.29) is 23.3 Å². The second-order valence-electron chi connectivity index (χ2n) is 12.0. The monoisotopic (exact) mass is 668 g/mol. The SMILES string of the molecule is CC(=O)Nc1cc(Nc2nc(-c3cn(C)c4cccc(F)c34)c3ccn(S(=O)(=O)Cc4ccccc4)c3n2)ccc1N(C)CCN(C)C. The highest BCUT2D eigenvalue weighted by molar-refractivity contribution is 7.89. The molecule has 0 atom stereocenters. The van der Waals surface area contributed by atoms with Gasteiger partial charge in [-0.05, 0) is 56.1 Å². The Balaban J connectivity index is 1.49. The lowest BCUT2D eigenvalue weighted by Crippen LogP contribution is -2.29. The molecule has 248 valence electrons. The van der Waals surface area contributed by atoms with E-state index < -0.39 is 15.8 Å². The van der Waals surface area contributed by atoms with Crippen molar-refractivity contribution in [3.8, 4) is 11.3 Å². The summed E-state index contributed by atoms with van der Waals surface area (Å²) in [5, 5.41) is 6.94. The third-order valence-electron chi connectivity index (χ3n) is 8.08. The van der Waals surface area contributed by atoms with E-state index in [0.29, 0.717) is 44.5 Å². The van der Waals surface area contributed by atoms with Crippen molar-refractivity contribution in [2.75, 3.05) is 49.8 Å². The first-order valence-corrected chi connectivity index (χ1v) is 17.0. The molecule has 0 bridgehead atoms. The van der Waals surface area contributed by atoms with Gasteiger partial charge in [-0.2, -0.15) is 4.98 Å². The third kappa shape index (κ3) is 6.60. The maximum atomic E-state index is 15.4. The van der Waals surface area contributed by atoms with Crippen LogP contribution in [0.4, 0.5) is 27.4 Å². The van der Waals surface area contributed by atoms with E-state index in [2.05, 4.69) is 25.4 Å². The minimum absolute atomic E-state index is 0.100. The lowest BCUT2D eigenvalue weighted by atomic mass is 10.1. The van der Waals surface area contributed by atoms with Gasteiger partial charge in [-0.1, -0.05) is 36.4 Å². The summed E-state index contributed by atoms with van der Waals surface area (Å²) in [7, 11) is 3.85. The molecule has 48 heavy (non-hydrogen) atoms. The minimum atomic E-state index is -3.91.